The summed E-state index contributed by atoms with van der Waals surface area (Å²) in [5.74, 6) is 1.19. The van der Waals surface area contributed by atoms with Crippen molar-refractivity contribution >= 4 is 17.2 Å². The fraction of sp³-hybridized carbons (Fsp3) is 0.615. The van der Waals surface area contributed by atoms with Gasteiger partial charge in [-0.2, -0.15) is 0 Å². The van der Waals surface area contributed by atoms with Gasteiger partial charge in [0.15, 0.2) is 0 Å². The van der Waals surface area contributed by atoms with E-state index in [0.29, 0.717) is 23.1 Å². The highest BCUT2D eigenvalue weighted by Crippen LogP contribution is 2.32. The van der Waals surface area contributed by atoms with Crippen LogP contribution >= 0.6 is 11.3 Å². The fourth-order valence-electron chi connectivity index (χ4n) is 2.52. The van der Waals surface area contributed by atoms with E-state index in [4.69, 9.17) is 10.5 Å². The first kappa shape index (κ1) is 13.4. The van der Waals surface area contributed by atoms with Crippen molar-refractivity contribution in [3.8, 4) is 5.75 Å². The molecule has 2 N–H and O–H groups in total. The van der Waals surface area contributed by atoms with Gasteiger partial charge in [-0.05, 0) is 38.8 Å². The van der Waals surface area contributed by atoms with Crippen molar-refractivity contribution in [2.75, 3.05) is 20.2 Å². The van der Waals surface area contributed by atoms with Gasteiger partial charge in [-0.15, -0.1) is 11.3 Å². The largest absolute Gasteiger partial charge is 0.495 e. The summed E-state index contributed by atoms with van der Waals surface area (Å²) in [5.41, 5.74) is 5.70. The number of nitrogens with zero attached hydrogens (tertiary/aromatic N) is 1. The van der Waals surface area contributed by atoms with Gasteiger partial charge in [-0.1, -0.05) is 0 Å². The van der Waals surface area contributed by atoms with Crippen LogP contribution in [0.5, 0.6) is 5.75 Å². The Hall–Kier alpha value is -1.07. The van der Waals surface area contributed by atoms with Gasteiger partial charge in [0.1, 0.15) is 10.6 Å². The van der Waals surface area contributed by atoms with Crippen molar-refractivity contribution in [3.63, 3.8) is 0 Å². The number of aryl methyl sites for hydroxylation is 1. The first-order valence-corrected chi connectivity index (χ1v) is 7.04. The lowest BCUT2D eigenvalue weighted by Gasteiger charge is -2.21. The average molecular weight is 268 g/mol. The molecule has 1 amide bonds. The van der Waals surface area contributed by atoms with Crippen molar-refractivity contribution in [3.05, 3.63) is 15.8 Å². The van der Waals surface area contributed by atoms with E-state index in [-0.39, 0.29) is 11.9 Å². The zero-order valence-corrected chi connectivity index (χ0v) is 11.9. The molecule has 18 heavy (non-hydrogen) atoms. The number of methoxy groups -OCH3 is 1. The van der Waals surface area contributed by atoms with Gasteiger partial charge in [0.25, 0.3) is 5.91 Å². The molecule has 1 aromatic rings. The minimum absolute atomic E-state index is 0.0772. The second-order valence-electron chi connectivity index (χ2n) is 4.90. The Labute approximate surface area is 112 Å². The van der Waals surface area contributed by atoms with Crippen LogP contribution in [0, 0.1) is 12.8 Å². The number of carbonyl (C=O) groups excluding carboxylic acids is 1. The van der Waals surface area contributed by atoms with Crippen molar-refractivity contribution in [1.82, 2.24) is 4.90 Å². The lowest BCUT2D eigenvalue weighted by atomic mass is 10.1. The van der Waals surface area contributed by atoms with Crippen molar-refractivity contribution in [2.24, 2.45) is 11.7 Å². The molecule has 0 saturated carbocycles. The van der Waals surface area contributed by atoms with E-state index >= 15 is 0 Å². The SMILES string of the molecule is COc1cc(C)sc1C(=O)N1CC(CN)CC1C. The Morgan fingerprint density at radius 1 is 1.67 bits per heavy atom. The molecule has 2 heterocycles. The molecule has 1 aliphatic rings. The van der Waals surface area contributed by atoms with Gasteiger partial charge in [-0.3, -0.25) is 4.79 Å². The second kappa shape index (κ2) is 5.28. The van der Waals surface area contributed by atoms with Crippen LogP contribution < -0.4 is 10.5 Å². The van der Waals surface area contributed by atoms with Crippen molar-refractivity contribution in [1.29, 1.82) is 0 Å². The van der Waals surface area contributed by atoms with Crippen LogP contribution in [0.15, 0.2) is 6.07 Å². The van der Waals surface area contributed by atoms with E-state index in [0.717, 1.165) is 17.8 Å². The highest BCUT2D eigenvalue weighted by atomic mass is 32.1. The Bertz CT molecular complexity index is 444. The number of nitrogens with two attached hydrogens (primary N) is 1. The van der Waals surface area contributed by atoms with E-state index in [1.807, 2.05) is 17.9 Å². The smallest absolute Gasteiger partial charge is 0.268 e. The Balaban J connectivity index is 2.21. The molecule has 0 bridgehead atoms. The number of thiophene rings is 1. The minimum Gasteiger partial charge on any atom is -0.495 e. The Morgan fingerprint density at radius 3 is 2.94 bits per heavy atom. The van der Waals surface area contributed by atoms with Crippen LogP contribution in [-0.2, 0) is 0 Å². The molecule has 2 rings (SSSR count). The van der Waals surface area contributed by atoms with E-state index < -0.39 is 0 Å². The van der Waals surface area contributed by atoms with Crippen molar-refractivity contribution in [2.45, 2.75) is 26.3 Å². The molecule has 4 nitrogen and oxygen atoms in total. The average Bonchev–Trinajstić information content (AvgIpc) is 2.91. The lowest BCUT2D eigenvalue weighted by molar-refractivity contribution is 0.0745. The van der Waals surface area contributed by atoms with Crippen molar-refractivity contribution < 1.29 is 9.53 Å². The molecule has 1 saturated heterocycles. The number of rotatable bonds is 3. The van der Waals surface area contributed by atoms with Gasteiger partial charge >= 0.3 is 0 Å². The number of hydrogen-bond acceptors (Lipinski definition) is 4. The Morgan fingerprint density at radius 2 is 2.39 bits per heavy atom. The summed E-state index contributed by atoms with van der Waals surface area (Å²) in [4.78, 5) is 16.3. The van der Waals surface area contributed by atoms with E-state index in [9.17, 15) is 4.79 Å². The summed E-state index contributed by atoms with van der Waals surface area (Å²) in [6, 6.07) is 2.18. The van der Waals surface area contributed by atoms with Crippen LogP contribution in [-0.4, -0.2) is 37.0 Å². The third-order valence-electron chi connectivity index (χ3n) is 3.49. The highest BCUT2D eigenvalue weighted by Gasteiger charge is 2.33. The molecule has 0 spiro atoms. The van der Waals surface area contributed by atoms with E-state index in [1.165, 1.54) is 11.3 Å². The van der Waals surface area contributed by atoms with Gasteiger partial charge in [-0.25, -0.2) is 0 Å². The summed E-state index contributed by atoms with van der Waals surface area (Å²) < 4.78 is 5.27. The van der Waals surface area contributed by atoms with Gasteiger partial charge in [0.2, 0.25) is 0 Å². The molecule has 2 unspecified atom stereocenters. The molecule has 0 aromatic carbocycles. The molecule has 100 valence electrons. The van der Waals surface area contributed by atoms with Crippen LogP contribution in [0.4, 0.5) is 0 Å². The molecule has 5 heteroatoms. The zero-order chi connectivity index (χ0) is 13.3. The predicted molar refractivity (Wildman–Crippen MR) is 73.3 cm³/mol. The molecule has 1 fully saturated rings. The normalized spacial score (nSPS) is 23.4. The molecule has 1 aliphatic heterocycles. The summed E-state index contributed by atoms with van der Waals surface area (Å²) >= 11 is 1.50. The summed E-state index contributed by atoms with van der Waals surface area (Å²) in [6.07, 6.45) is 0.995. The number of amides is 1. The monoisotopic (exact) mass is 268 g/mol. The second-order valence-corrected chi connectivity index (χ2v) is 6.15. The summed E-state index contributed by atoms with van der Waals surface area (Å²) in [7, 11) is 1.61. The van der Waals surface area contributed by atoms with Gasteiger partial charge in [0, 0.05) is 17.5 Å². The van der Waals surface area contributed by atoms with E-state index in [2.05, 4.69) is 6.92 Å². The number of hydrogen-bond donors (Lipinski definition) is 1. The quantitative estimate of drug-likeness (QED) is 0.910. The number of ether oxygens (including phenoxy) is 1. The first-order valence-electron chi connectivity index (χ1n) is 6.22. The van der Waals surface area contributed by atoms with Crippen LogP contribution in [0.1, 0.15) is 27.9 Å². The van der Waals surface area contributed by atoms with E-state index in [1.54, 1.807) is 7.11 Å². The summed E-state index contributed by atoms with van der Waals surface area (Å²) in [6.45, 7) is 5.48. The third kappa shape index (κ3) is 2.37. The van der Waals surface area contributed by atoms with Crippen LogP contribution in [0.25, 0.3) is 0 Å². The lowest BCUT2D eigenvalue weighted by Crippen LogP contribution is -2.34. The molecule has 1 aromatic heterocycles. The maximum atomic E-state index is 12.5. The highest BCUT2D eigenvalue weighted by molar-refractivity contribution is 7.14. The van der Waals surface area contributed by atoms with Gasteiger partial charge in [0.05, 0.1) is 7.11 Å². The third-order valence-corrected chi connectivity index (χ3v) is 4.51. The number of carbonyl (C=O) groups is 1. The molecule has 0 aliphatic carbocycles. The van der Waals surface area contributed by atoms with Crippen LogP contribution in [0.3, 0.4) is 0 Å². The van der Waals surface area contributed by atoms with Crippen LogP contribution in [0.2, 0.25) is 0 Å². The fourth-order valence-corrected chi connectivity index (χ4v) is 3.45. The maximum Gasteiger partial charge on any atom is 0.268 e. The summed E-state index contributed by atoms with van der Waals surface area (Å²) in [5, 5.41) is 0. The molecular formula is C13H20N2O2S. The van der Waals surface area contributed by atoms with Gasteiger partial charge < -0.3 is 15.4 Å². The Kier molecular flexibility index (Phi) is 3.92. The predicted octanol–water partition coefficient (Wildman–Crippen LogP) is 1.87. The maximum absolute atomic E-state index is 12.5. The molecule has 0 radical (unpaired) electrons. The standard InChI is InChI=1S/C13H20N2O2S/c1-8-4-10(6-14)7-15(8)13(16)12-11(17-3)5-9(2)18-12/h5,8,10H,4,6-7,14H2,1-3H3. The first-order chi connectivity index (χ1) is 8.56. The number of likely N-dealkylation sites (tertiary alicyclic amines) is 1. The zero-order valence-electron chi connectivity index (χ0n) is 11.1. The topological polar surface area (TPSA) is 55.6 Å². The molecule has 2 atom stereocenters. The minimum atomic E-state index is 0.0772. The molecular weight excluding hydrogens is 248 g/mol.